The Morgan fingerprint density at radius 2 is 1.72 bits per heavy atom. The standard InChI is InChI=1S/C18H20F3NO3/c19-18(20,21)15-4-2-1-3-12(15)13-9-14(13)16(23)22-11-7-5-10(6-8-11)17(24)25/h1-4,10-11,13-14H,5-9H2,(H,22,23)(H,24,25)/t10?,11?,13-,14+/m0/s1. The molecular weight excluding hydrogens is 335 g/mol. The summed E-state index contributed by atoms with van der Waals surface area (Å²) in [5.74, 6) is -2.22. The molecule has 2 atom stereocenters. The Balaban J connectivity index is 1.58. The Hall–Kier alpha value is -2.05. The van der Waals surface area contributed by atoms with Crippen molar-refractivity contribution in [1.82, 2.24) is 5.32 Å². The van der Waals surface area contributed by atoms with Crippen molar-refractivity contribution in [3.8, 4) is 0 Å². The lowest BCUT2D eigenvalue weighted by atomic mass is 9.86. The molecule has 2 N–H and O–H groups in total. The normalized spacial score (nSPS) is 29.1. The van der Waals surface area contributed by atoms with E-state index in [4.69, 9.17) is 5.11 Å². The van der Waals surface area contributed by atoms with E-state index < -0.39 is 29.5 Å². The van der Waals surface area contributed by atoms with Crippen LogP contribution in [0.3, 0.4) is 0 Å². The molecule has 2 aliphatic carbocycles. The van der Waals surface area contributed by atoms with Gasteiger partial charge in [0.05, 0.1) is 11.5 Å². The van der Waals surface area contributed by atoms with Crippen LogP contribution in [0.4, 0.5) is 13.2 Å². The minimum absolute atomic E-state index is 0.0813. The van der Waals surface area contributed by atoms with E-state index in [1.165, 1.54) is 12.1 Å². The van der Waals surface area contributed by atoms with Gasteiger partial charge in [-0.05, 0) is 49.7 Å². The van der Waals surface area contributed by atoms with Gasteiger partial charge in [-0.15, -0.1) is 0 Å². The van der Waals surface area contributed by atoms with Crippen molar-refractivity contribution >= 4 is 11.9 Å². The number of carboxylic acids is 1. The molecule has 2 aliphatic rings. The fraction of sp³-hybridized carbons (Fsp3) is 0.556. The highest BCUT2D eigenvalue weighted by molar-refractivity contribution is 5.83. The third kappa shape index (κ3) is 3.96. The average molecular weight is 355 g/mol. The smallest absolute Gasteiger partial charge is 0.416 e. The van der Waals surface area contributed by atoms with E-state index >= 15 is 0 Å². The summed E-state index contributed by atoms with van der Waals surface area (Å²) in [7, 11) is 0. The van der Waals surface area contributed by atoms with Gasteiger partial charge in [-0.1, -0.05) is 18.2 Å². The van der Waals surface area contributed by atoms with E-state index in [1.807, 2.05) is 0 Å². The van der Waals surface area contributed by atoms with Crippen molar-refractivity contribution < 1.29 is 27.9 Å². The summed E-state index contributed by atoms with van der Waals surface area (Å²) >= 11 is 0. The number of carboxylic acid groups (broad SMARTS) is 1. The first-order chi connectivity index (χ1) is 11.8. The summed E-state index contributed by atoms with van der Waals surface area (Å²) in [4.78, 5) is 23.3. The maximum Gasteiger partial charge on any atom is 0.416 e. The van der Waals surface area contributed by atoms with Gasteiger partial charge >= 0.3 is 12.1 Å². The Morgan fingerprint density at radius 3 is 2.32 bits per heavy atom. The molecular formula is C18H20F3NO3. The maximum atomic E-state index is 13.1. The van der Waals surface area contributed by atoms with Crippen LogP contribution in [-0.4, -0.2) is 23.0 Å². The molecule has 3 rings (SSSR count). The Morgan fingerprint density at radius 1 is 1.08 bits per heavy atom. The average Bonchev–Trinajstić information content (AvgIpc) is 3.35. The first kappa shape index (κ1) is 17.8. The van der Waals surface area contributed by atoms with Gasteiger partial charge in [-0.3, -0.25) is 9.59 Å². The molecule has 7 heteroatoms. The number of aliphatic carboxylic acids is 1. The zero-order valence-electron chi connectivity index (χ0n) is 13.6. The molecule has 25 heavy (non-hydrogen) atoms. The number of halogens is 3. The van der Waals surface area contributed by atoms with E-state index in [-0.39, 0.29) is 23.4 Å². The molecule has 0 spiro atoms. The third-order valence-corrected chi connectivity index (χ3v) is 5.22. The van der Waals surface area contributed by atoms with Crippen molar-refractivity contribution in [3.63, 3.8) is 0 Å². The first-order valence-corrected chi connectivity index (χ1v) is 8.46. The molecule has 1 aromatic rings. The summed E-state index contributed by atoms with van der Waals surface area (Å²) in [5, 5.41) is 11.9. The number of hydrogen-bond acceptors (Lipinski definition) is 2. The number of carbonyl (C=O) groups is 2. The van der Waals surface area contributed by atoms with Crippen LogP contribution in [0.25, 0.3) is 0 Å². The molecule has 0 bridgehead atoms. The van der Waals surface area contributed by atoms with Crippen LogP contribution >= 0.6 is 0 Å². The molecule has 4 nitrogen and oxygen atoms in total. The van der Waals surface area contributed by atoms with Crippen LogP contribution in [0.15, 0.2) is 24.3 Å². The Labute approximate surface area is 143 Å². The molecule has 2 fully saturated rings. The SMILES string of the molecule is O=C(O)C1CCC(NC(=O)[C@@H]2C[C@H]2c2ccccc2C(F)(F)F)CC1. The molecule has 0 unspecified atom stereocenters. The number of amides is 1. The summed E-state index contributed by atoms with van der Waals surface area (Å²) in [6.07, 6.45) is -1.77. The van der Waals surface area contributed by atoms with Gasteiger partial charge in [-0.25, -0.2) is 0 Å². The highest BCUT2D eigenvalue weighted by atomic mass is 19.4. The van der Waals surface area contributed by atoms with E-state index in [0.717, 1.165) is 6.07 Å². The molecule has 0 saturated heterocycles. The molecule has 1 amide bonds. The fourth-order valence-corrected chi connectivity index (χ4v) is 3.70. The minimum atomic E-state index is -4.42. The van der Waals surface area contributed by atoms with Crippen molar-refractivity contribution in [3.05, 3.63) is 35.4 Å². The van der Waals surface area contributed by atoms with Gasteiger partial charge in [0.15, 0.2) is 0 Å². The number of alkyl halides is 3. The molecule has 2 saturated carbocycles. The summed E-state index contributed by atoms with van der Waals surface area (Å²) in [6, 6.07) is 5.33. The number of benzene rings is 1. The maximum absolute atomic E-state index is 13.1. The molecule has 0 aromatic heterocycles. The lowest BCUT2D eigenvalue weighted by Crippen LogP contribution is -2.39. The van der Waals surface area contributed by atoms with Crippen molar-refractivity contribution in [2.45, 2.75) is 50.2 Å². The fourth-order valence-electron chi connectivity index (χ4n) is 3.70. The quantitative estimate of drug-likeness (QED) is 0.868. The van der Waals surface area contributed by atoms with Crippen molar-refractivity contribution in [1.29, 1.82) is 0 Å². The number of nitrogens with one attached hydrogen (secondary N) is 1. The van der Waals surface area contributed by atoms with Crippen LogP contribution in [0, 0.1) is 11.8 Å². The topological polar surface area (TPSA) is 66.4 Å². The molecule has 0 aliphatic heterocycles. The van der Waals surface area contributed by atoms with Gasteiger partial charge in [0.2, 0.25) is 5.91 Å². The minimum Gasteiger partial charge on any atom is -0.481 e. The first-order valence-electron chi connectivity index (χ1n) is 8.46. The lowest BCUT2D eigenvalue weighted by molar-refractivity contribution is -0.143. The third-order valence-electron chi connectivity index (χ3n) is 5.22. The summed E-state index contributed by atoms with van der Waals surface area (Å²) < 4.78 is 39.3. The van der Waals surface area contributed by atoms with Crippen molar-refractivity contribution in [2.75, 3.05) is 0 Å². The van der Waals surface area contributed by atoms with Crippen LogP contribution in [0.5, 0.6) is 0 Å². The monoisotopic (exact) mass is 355 g/mol. The molecule has 1 aromatic carbocycles. The van der Waals surface area contributed by atoms with Crippen LogP contribution in [0.2, 0.25) is 0 Å². The second kappa shape index (κ2) is 6.69. The summed E-state index contributed by atoms with van der Waals surface area (Å²) in [6.45, 7) is 0. The zero-order chi connectivity index (χ0) is 18.2. The lowest BCUT2D eigenvalue weighted by Gasteiger charge is -2.27. The highest BCUT2D eigenvalue weighted by Crippen LogP contribution is 2.51. The molecule has 0 radical (unpaired) electrons. The highest BCUT2D eigenvalue weighted by Gasteiger charge is 2.48. The Bertz CT molecular complexity index is 666. The largest absolute Gasteiger partial charge is 0.481 e. The van der Waals surface area contributed by atoms with Gasteiger partial charge in [0.25, 0.3) is 0 Å². The second-order valence-corrected chi connectivity index (χ2v) is 6.93. The van der Waals surface area contributed by atoms with Gasteiger partial charge in [-0.2, -0.15) is 13.2 Å². The molecule has 0 heterocycles. The number of carbonyl (C=O) groups excluding carboxylic acids is 1. The number of hydrogen-bond donors (Lipinski definition) is 2. The van der Waals surface area contributed by atoms with Crippen LogP contribution < -0.4 is 5.32 Å². The van der Waals surface area contributed by atoms with Crippen LogP contribution in [-0.2, 0) is 15.8 Å². The number of rotatable bonds is 4. The van der Waals surface area contributed by atoms with Gasteiger partial charge in [0.1, 0.15) is 0 Å². The molecule has 136 valence electrons. The second-order valence-electron chi connectivity index (χ2n) is 6.93. The predicted octanol–water partition coefficient (Wildman–Crippen LogP) is 3.57. The predicted molar refractivity (Wildman–Crippen MR) is 83.8 cm³/mol. The van der Waals surface area contributed by atoms with E-state index in [2.05, 4.69) is 5.32 Å². The van der Waals surface area contributed by atoms with Crippen LogP contribution in [0.1, 0.15) is 49.1 Å². The van der Waals surface area contributed by atoms with E-state index in [9.17, 15) is 22.8 Å². The van der Waals surface area contributed by atoms with Crippen molar-refractivity contribution in [2.24, 2.45) is 11.8 Å². The Kier molecular flexibility index (Phi) is 4.75. The zero-order valence-corrected chi connectivity index (χ0v) is 13.6. The van der Waals surface area contributed by atoms with Gasteiger partial charge < -0.3 is 10.4 Å². The summed E-state index contributed by atoms with van der Waals surface area (Å²) in [5.41, 5.74) is -0.484. The van der Waals surface area contributed by atoms with E-state index in [0.29, 0.717) is 32.1 Å². The van der Waals surface area contributed by atoms with E-state index in [1.54, 1.807) is 6.07 Å². The van der Waals surface area contributed by atoms with Gasteiger partial charge in [0, 0.05) is 12.0 Å².